The molecule has 1 N–H and O–H groups in total. The van der Waals surface area contributed by atoms with Crippen LogP contribution >= 0.6 is 0 Å². The van der Waals surface area contributed by atoms with Crippen LogP contribution < -0.4 is 10.2 Å². The molecule has 0 aromatic heterocycles. The maximum absolute atomic E-state index is 11.9. The molecule has 2 aromatic carbocycles. The van der Waals surface area contributed by atoms with Crippen LogP contribution in [0.2, 0.25) is 0 Å². The molecule has 7 nitrogen and oxygen atoms in total. The number of carbonyl (C=O) groups excluding carboxylic acids is 1. The number of hydrogen-bond donors (Lipinski definition) is 1. The molecule has 0 heterocycles. The van der Waals surface area contributed by atoms with Gasteiger partial charge in [-0.2, -0.15) is 5.10 Å². The zero-order valence-corrected chi connectivity index (χ0v) is 13.4. The Morgan fingerprint density at radius 1 is 1.25 bits per heavy atom. The quantitative estimate of drug-likeness (QED) is 0.501. The molecule has 2 aromatic rings. The van der Waals surface area contributed by atoms with Gasteiger partial charge in [0.15, 0.2) is 0 Å². The first-order valence-electron chi connectivity index (χ1n) is 7.20. The largest absolute Gasteiger partial charge is 0.497 e. The number of rotatable bonds is 6. The molecule has 0 aliphatic rings. The van der Waals surface area contributed by atoms with E-state index >= 15 is 0 Å². The van der Waals surface area contributed by atoms with E-state index in [1.807, 2.05) is 24.3 Å². The number of non-ortho nitro benzene ring substituents is 1. The third-order valence-electron chi connectivity index (χ3n) is 3.35. The van der Waals surface area contributed by atoms with Crippen LogP contribution in [0.15, 0.2) is 53.6 Å². The van der Waals surface area contributed by atoms with Gasteiger partial charge >= 0.3 is 0 Å². The van der Waals surface area contributed by atoms with E-state index in [-0.39, 0.29) is 18.0 Å². The van der Waals surface area contributed by atoms with Crippen LogP contribution in [0.1, 0.15) is 18.1 Å². The number of carbonyl (C=O) groups is 1. The fourth-order valence-corrected chi connectivity index (χ4v) is 2.02. The molecule has 1 amide bonds. The Morgan fingerprint density at radius 2 is 1.96 bits per heavy atom. The van der Waals surface area contributed by atoms with Crippen molar-refractivity contribution >= 4 is 17.3 Å². The Bertz CT molecular complexity index is 770. The fourth-order valence-electron chi connectivity index (χ4n) is 2.02. The summed E-state index contributed by atoms with van der Waals surface area (Å²) in [6.45, 7) is 1.78. The first-order chi connectivity index (χ1) is 11.5. The van der Waals surface area contributed by atoms with E-state index in [9.17, 15) is 14.9 Å². The van der Waals surface area contributed by atoms with E-state index < -0.39 is 4.92 Å². The van der Waals surface area contributed by atoms with Gasteiger partial charge in [0, 0.05) is 17.7 Å². The molecule has 0 saturated heterocycles. The summed E-state index contributed by atoms with van der Waals surface area (Å²) in [4.78, 5) is 22.0. The van der Waals surface area contributed by atoms with Crippen molar-refractivity contribution in [1.29, 1.82) is 0 Å². The third kappa shape index (κ3) is 4.64. The summed E-state index contributed by atoms with van der Waals surface area (Å²) < 4.78 is 5.15. The number of benzene rings is 2. The van der Waals surface area contributed by atoms with E-state index in [1.165, 1.54) is 12.1 Å². The maximum Gasteiger partial charge on any atom is 0.269 e. The molecule has 0 unspecified atom stereocenters. The minimum Gasteiger partial charge on any atom is -0.497 e. The number of hydrogen-bond acceptors (Lipinski definition) is 5. The second-order valence-corrected chi connectivity index (χ2v) is 5.06. The molecular formula is C17H17N3O4. The summed E-state index contributed by atoms with van der Waals surface area (Å²) in [7, 11) is 1.58. The second-order valence-electron chi connectivity index (χ2n) is 5.06. The number of hydrazone groups is 1. The van der Waals surface area contributed by atoms with Crippen LogP contribution in [0.5, 0.6) is 5.75 Å². The van der Waals surface area contributed by atoms with Gasteiger partial charge in [-0.25, -0.2) is 5.43 Å². The molecule has 0 saturated carbocycles. The molecule has 24 heavy (non-hydrogen) atoms. The van der Waals surface area contributed by atoms with E-state index in [1.54, 1.807) is 26.2 Å². The number of amides is 1. The second kappa shape index (κ2) is 7.87. The zero-order valence-electron chi connectivity index (χ0n) is 13.4. The number of nitrogens with zero attached hydrogens (tertiary/aromatic N) is 2. The molecular weight excluding hydrogens is 310 g/mol. The molecule has 0 aliphatic heterocycles. The highest BCUT2D eigenvalue weighted by Crippen LogP contribution is 2.14. The minimum atomic E-state index is -0.481. The molecule has 0 radical (unpaired) electrons. The van der Waals surface area contributed by atoms with Crippen molar-refractivity contribution in [2.24, 2.45) is 5.10 Å². The van der Waals surface area contributed by atoms with Crippen molar-refractivity contribution in [3.05, 3.63) is 69.8 Å². The van der Waals surface area contributed by atoms with Gasteiger partial charge in [-0.1, -0.05) is 24.3 Å². The highest BCUT2D eigenvalue weighted by atomic mass is 16.6. The van der Waals surface area contributed by atoms with Gasteiger partial charge in [-0.05, 0) is 24.6 Å². The van der Waals surface area contributed by atoms with Gasteiger partial charge < -0.3 is 4.74 Å². The first kappa shape index (κ1) is 17.1. The normalized spacial score (nSPS) is 11.0. The minimum absolute atomic E-state index is 0.00829. The van der Waals surface area contributed by atoms with Crippen molar-refractivity contribution in [2.45, 2.75) is 13.3 Å². The zero-order chi connectivity index (χ0) is 17.5. The van der Waals surface area contributed by atoms with Crippen LogP contribution in [0, 0.1) is 10.1 Å². The summed E-state index contributed by atoms with van der Waals surface area (Å²) in [6.07, 6.45) is 0.0902. The summed E-state index contributed by atoms with van der Waals surface area (Å²) in [5, 5.41) is 14.7. The molecule has 0 spiro atoms. The number of nitro benzene ring substituents is 1. The van der Waals surface area contributed by atoms with E-state index in [4.69, 9.17) is 4.74 Å². The van der Waals surface area contributed by atoms with Gasteiger partial charge in [-0.15, -0.1) is 0 Å². The van der Waals surface area contributed by atoms with Crippen molar-refractivity contribution in [3.8, 4) is 5.75 Å². The smallest absolute Gasteiger partial charge is 0.269 e. The highest BCUT2D eigenvalue weighted by Gasteiger charge is 2.07. The highest BCUT2D eigenvalue weighted by molar-refractivity contribution is 5.99. The van der Waals surface area contributed by atoms with Gasteiger partial charge in [0.1, 0.15) is 5.75 Å². The molecule has 124 valence electrons. The van der Waals surface area contributed by atoms with E-state index in [0.717, 1.165) is 5.56 Å². The Kier molecular flexibility index (Phi) is 5.62. The van der Waals surface area contributed by atoms with Gasteiger partial charge in [-0.3, -0.25) is 14.9 Å². The standard InChI is InChI=1S/C17H17N3O4/c1-12(14-4-3-5-16(11-14)24-2)18-19-17(21)10-13-6-8-15(9-7-13)20(22)23/h3-9,11H,10H2,1-2H3,(H,19,21). The van der Waals surface area contributed by atoms with Crippen molar-refractivity contribution in [3.63, 3.8) is 0 Å². The van der Waals surface area contributed by atoms with Crippen molar-refractivity contribution in [1.82, 2.24) is 5.43 Å². The van der Waals surface area contributed by atoms with Crippen LogP contribution in [-0.2, 0) is 11.2 Å². The lowest BCUT2D eigenvalue weighted by atomic mass is 10.1. The van der Waals surface area contributed by atoms with Crippen LogP contribution in [0.25, 0.3) is 0 Å². The Labute approximate surface area is 139 Å². The summed E-state index contributed by atoms with van der Waals surface area (Å²) in [5.74, 6) is 0.408. The number of methoxy groups -OCH3 is 1. The van der Waals surface area contributed by atoms with Crippen LogP contribution in [0.4, 0.5) is 5.69 Å². The predicted molar refractivity (Wildman–Crippen MR) is 90.1 cm³/mol. The van der Waals surface area contributed by atoms with Crippen molar-refractivity contribution in [2.75, 3.05) is 7.11 Å². The average Bonchev–Trinajstić information content (AvgIpc) is 2.60. The average molecular weight is 327 g/mol. The number of nitro groups is 1. The predicted octanol–water partition coefficient (Wildman–Crippen LogP) is 2.69. The van der Waals surface area contributed by atoms with E-state index in [2.05, 4.69) is 10.5 Å². The Morgan fingerprint density at radius 3 is 2.58 bits per heavy atom. The fraction of sp³-hybridized carbons (Fsp3) is 0.176. The maximum atomic E-state index is 11.9. The summed E-state index contributed by atoms with van der Waals surface area (Å²) in [6, 6.07) is 13.2. The Balaban J connectivity index is 1.97. The van der Waals surface area contributed by atoms with Crippen LogP contribution in [0.3, 0.4) is 0 Å². The van der Waals surface area contributed by atoms with Crippen LogP contribution in [-0.4, -0.2) is 23.7 Å². The lowest BCUT2D eigenvalue weighted by Gasteiger charge is -2.05. The Hall–Kier alpha value is -3.22. The van der Waals surface area contributed by atoms with Gasteiger partial charge in [0.25, 0.3) is 5.69 Å². The lowest BCUT2D eigenvalue weighted by Crippen LogP contribution is -2.21. The summed E-state index contributed by atoms with van der Waals surface area (Å²) >= 11 is 0. The van der Waals surface area contributed by atoms with Gasteiger partial charge in [0.05, 0.1) is 24.2 Å². The molecule has 0 aliphatic carbocycles. The first-order valence-corrected chi connectivity index (χ1v) is 7.20. The third-order valence-corrected chi connectivity index (χ3v) is 3.35. The van der Waals surface area contributed by atoms with E-state index in [0.29, 0.717) is 17.0 Å². The SMILES string of the molecule is COc1cccc(C(C)=NNC(=O)Cc2ccc([N+](=O)[O-])cc2)c1. The number of ether oxygens (including phenoxy) is 1. The molecule has 0 fully saturated rings. The summed E-state index contributed by atoms with van der Waals surface area (Å²) in [5.41, 5.74) is 4.63. The molecule has 0 atom stereocenters. The van der Waals surface area contributed by atoms with Gasteiger partial charge in [0.2, 0.25) is 5.91 Å². The van der Waals surface area contributed by atoms with Crippen molar-refractivity contribution < 1.29 is 14.5 Å². The topological polar surface area (TPSA) is 93.8 Å². The molecule has 2 rings (SSSR count). The monoisotopic (exact) mass is 327 g/mol. The molecule has 7 heteroatoms. The molecule has 0 bridgehead atoms. The lowest BCUT2D eigenvalue weighted by molar-refractivity contribution is -0.384. The number of nitrogens with one attached hydrogen (secondary N) is 1.